The van der Waals surface area contributed by atoms with Gasteiger partial charge in [-0.3, -0.25) is 4.68 Å². The quantitative estimate of drug-likeness (QED) is 0.539. The summed E-state index contributed by atoms with van der Waals surface area (Å²) < 4.78 is 16.2. The van der Waals surface area contributed by atoms with Crippen LogP contribution in [0.4, 0.5) is 0 Å². The third-order valence-electron chi connectivity index (χ3n) is 1.98. The lowest BCUT2D eigenvalue weighted by atomic mass is 10.3. The second kappa shape index (κ2) is 4.90. The largest absolute Gasteiger partial charge is 0.464 e. The molecular formula is C9H14N2O4. The maximum Gasteiger partial charge on any atom is 0.358 e. The van der Waals surface area contributed by atoms with Crippen molar-refractivity contribution in [3.8, 4) is 0 Å². The van der Waals surface area contributed by atoms with Crippen LogP contribution in [0.1, 0.15) is 22.5 Å². The van der Waals surface area contributed by atoms with Crippen LogP contribution in [0.15, 0.2) is 6.07 Å². The number of carbonyl (C=O) groups excluding carboxylic acids is 1. The highest BCUT2D eigenvalue weighted by Crippen LogP contribution is 2.17. The van der Waals surface area contributed by atoms with Crippen LogP contribution in [0.3, 0.4) is 0 Å². The third kappa shape index (κ3) is 2.34. The number of ether oxygens (including phenoxy) is 3. The molecule has 1 rings (SSSR count). The molecule has 6 nitrogen and oxygen atoms in total. The highest BCUT2D eigenvalue weighted by Gasteiger charge is 2.19. The summed E-state index contributed by atoms with van der Waals surface area (Å²) in [6, 6.07) is 1.57. The standard InChI is InChI=1S/C9H14N2O4/c1-11-7(9(14-3)15-4)5-6(10-11)8(12)13-2/h5,9H,1-4H3. The van der Waals surface area contributed by atoms with Crippen molar-refractivity contribution in [2.75, 3.05) is 21.3 Å². The van der Waals surface area contributed by atoms with Gasteiger partial charge in [0.15, 0.2) is 12.0 Å². The van der Waals surface area contributed by atoms with Gasteiger partial charge in [-0.15, -0.1) is 0 Å². The molecule has 0 saturated carbocycles. The Morgan fingerprint density at radius 2 is 2.00 bits per heavy atom. The molecule has 0 N–H and O–H groups in total. The van der Waals surface area contributed by atoms with Crippen molar-refractivity contribution in [3.63, 3.8) is 0 Å². The molecule has 0 spiro atoms. The topological polar surface area (TPSA) is 62.6 Å². The van der Waals surface area contributed by atoms with Crippen LogP contribution in [0, 0.1) is 0 Å². The van der Waals surface area contributed by atoms with Crippen molar-refractivity contribution in [3.05, 3.63) is 17.5 Å². The number of methoxy groups -OCH3 is 3. The van der Waals surface area contributed by atoms with Crippen molar-refractivity contribution in [2.45, 2.75) is 6.29 Å². The van der Waals surface area contributed by atoms with Gasteiger partial charge in [0.1, 0.15) is 0 Å². The number of nitrogens with zero attached hydrogens (tertiary/aromatic N) is 2. The highest BCUT2D eigenvalue weighted by atomic mass is 16.7. The van der Waals surface area contributed by atoms with Gasteiger partial charge in [0.2, 0.25) is 0 Å². The number of rotatable bonds is 4. The molecule has 0 aliphatic carbocycles. The van der Waals surface area contributed by atoms with E-state index >= 15 is 0 Å². The maximum absolute atomic E-state index is 11.2. The van der Waals surface area contributed by atoms with Crippen LogP contribution in [0.2, 0.25) is 0 Å². The molecule has 0 amide bonds. The van der Waals surface area contributed by atoms with Crippen molar-refractivity contribution < 1.29 is 19.0 Å². The molecule has 0 unspecified atom stereocenters. The minimum Gasteiger partial charge on any atom is -0.464 e. The molecule has 15 heavy (non-hydrogen) atoms. The van der Waals surface area contributed by atoms with E-state index in [9.17, 15) is 4.79 Å². The van der Waals surface area contributed by atoms with Crippen LogP contribution in [-0.4, -0.2) is 37.1 Å². The Morgan fingerprint density at radius 1 is 1.40 bits per heavy atom. The predicted molar refractivity (Wildman–Crippen MR) is 51.3 cm³/mol. The van der Waals surface area contributed by atoms with E-state index in [1.165, 1.54) is 26.0 Å². The van der Waals surface area contributed by atoms with E-state index in [1.54, 1.807) is 13.1 Å². The Kier molecular flexibility index (Phi) is 3.81. The molecule has 6 heteroatoms. The van der Waals surface area contributed by atoms with Gasteiger partial charge in [-0.05, 0) is 6.07 Å². The first-order valence-electron chi connectivity index (χ1n) is 4.31. The van der Waals surface area contributed by atoms with E-state index < -0.39 is 12.3 Å². The number of aryl methyl sites for hydroxylation is 1. The molecular weight excluding hydrogens is 200 g/mol. The summed E-state index contributed by atoms with van der Waals surface area (Å²) in [5, 5.41) is 3.98. The van der Waals surface area contributed by atoms with Gasteiger partial charge >= 0.3 is 5.97 Å². The Labute approximate surface area is 87.7 Å². The monoisotopic (exact) mass is 214 g/mol. The van der Waals surface area contributed by atoms with Crippen molar-refractivity contribution in [1.29, 1.82) is 0 Å². The second-order valence-electron chi connectivity index (χ2n) is 2.87. The number of hydrogen-bond acceptors (Lipinski definition) is 5. The molecule has 84 valence electrons. The minimum absolute atomic E-state index is 0.231. The normalized spacial score (nSPS) is 10.7. The first kappa shape index (κ1) is 11.7. The summed E-state index contributed by atoms with van der Waals surface area (Å²) in [7, 11) is 6.03. The first-order valence-corrected chi connectivity index (χ1v) is 4.31. The second-order valence-corrected chi connectivity index (χ2v) is 2.87. The Balaban J connectivity index is 3.00. The fourth-order valence-corrected chi connectivity index (χ4v) is 1.24. The summed E-state index contributed by atoms with van der Waals surface area (Å²) in [6.07, 6.45) is -0.541. The molecule has 0 fully saturated rings. The van der Waals surface area contributed by atoms with Gasteiger partial charge in [0, 0.05) is 21.3 Å². The molecule has 0 saturated heterocycles. The summed E-state index contributed by atoms with van der Waals surface area (Å²) >= 11 is 0. The molecule has 1 heterocycles. The molecule has 0 radical (unpaired) electrons. The summed E-state index contributed by atoms with van der Waals surface area (Å²) in [5.74, 6) is -0.484. The van der Waals surface area contributed by atoms with E-state index in [4.69, 9.17) is 9.47 Å². The molecule has 0 aliphatic heterocycles. The third-order valence-corrected chi connectivity index (χ3v) is 1.98. The van der Waals surface area contributed by atoms with Crippen molar-refractivity contribution in [2.24, 2.45) is 7.05 Å². The van der Waals surface area contributed by atoms with Gasteiger partial charge < -0.3 is 14.2 Å². The molecule has 0 aromatic carbocycles. The van der Waals surface area contributed by atoms with Crippen molar-refractivity contribution in [1.82, 2.24) is 9.78 Å². The maximum atomic E-state index is 11.2. The molecule has 1 aromatic heterocycles. The van der Waals surface area contributed by atoms with Crippen LogP contribution in [0.25, 0.3) is 0 Å². The Hall–Kier alpha value is -1.40. The zero-order chi connectivity index (χ0) is 11.4. The smallest absolute Gasteiger partial charge is 0.358 e. The zero-order valence-electron chi connectivity index (χ0n) is 9.18. The summed E-state index contributed by atoms with van der Waals surface area (Å²) in [4.78, 5) is 11.2. The SMILES string of the molecule is COC(=O)c1cc(C(OC)OC)n(C)n1. The number of carbonyl (C=O) groups is 1. The number of aromatic nitrogens is 2. The molecule has 0 bridgehead atoms. The average molecular weight is 214 g/mol. The van der Waals surface area contributed by atoms with E-state index in [-0.39, 0.29) is 5.69 Å². The van der Waals surface area contributed by atoms with Gasteiger partial charge in [-0.1, -0.05) is 0 Å². The van der Waals surface area contributed by atoms with Crippen molar-refractivity contribution >= 4 is 5.97 Å². The zero-order valence-corrected chi connectivity index (χ0v) is 9.18. The van der Waals surface area contributed by atoms with Gasteiger partial charge in [0.05, 0.1) is 12.8 Å². The predicted octanol–water partition coefficient (Wildman–Crippen LogP) is 0.498. The fourth-order valence-electron chi connectivity index (χ4n) is 1.24. The van der Waals surface area contributed by atoms with Gasteiger partial charge in [-0.25, -0.2) is 4.79 Å². The van der Waals surface area contributed by atoms with Crippen LogP contribution in [0.5, 0.6) is 0 Å². The number of esters is 1. The van der Waals surface area contributed by atoms with E-state index in [0.717, 1.165) is 0 Å². The molecule has 1 aromatic rings. The Bertz CT molecular complexity index is 344. The Morgan fingerprint density at radius 3 is 2.47 bits per heavy atom. The van der Waals surface area contributed by atoms with Crippen LogP contribution >= 0.6 is 0 Å². The summed E-state index contributed by atoms with van der Waals surface area (Å²) in [6.45, 7) is 0. The lowest BCUT2D eigenvalue weighted by Crippen LogP contribution is -2.09. The van der Waals surface area contributed by atoms with E-state index in [2.05, 4.69) is 9.84 Å². The fraction of sp³-hybridized carbons (Fsp3) is 0.556. The highest BCUT2D eigenvalue weighted by molar-refractivity contribution is 5.87. The van der Waals surface area contributed by atoms with Crippen LogP contribution in [-0.2, 0) is 21.3 Å². The van der Waals surface area contributed by atoms with Crippen LogP contribution < -0.4 is 0 Å². The van der Waals surface area contributed by atoms with Gasteiger partial charge in [0.25, 0.3) is 0 Å². The van der Waals surface area contributed by atoms with E-state index in [1.807, 2.05) is 0 Å². The number of hydrogen-bond donors (Lipinski definition) is 0. The molecule has 0 atom stereocenters. The minimum atomic E-state index is -0.541. The average Bonchev–Trinajstić information content (AvgIpc) is 2.62. The summed E-state index contributed by atoms with van der Waals surface area (Å²) in [5.41, 5.74) is 0.884. The van der Waals surface area contributed by atoms with Gasteiger partial charge in [-0.2, -0.15) is 5.10 Å². The first-order chi connectivity index (χ1) is 7.13. The lowest BCUT2D eigenvalue weighted by Gasteiger charge is -2.12. The lowest BCUT2D eigenvalue weighted by molar-refractivity contribution is -0.110. The van der Waals surface area contributed by atoms with E-state index in [0.29, 0.717) is 5.69 Å². The molecule has 0 aliphatic rings.